The molecule has 1 nitrogen and oxygen atoms in total. The quantitative estimate of drug-likeness (QED) is 0.507. The summed E-state index contributed by atoms with van der Waals surface area (Å²) >= 11 is -1.83. The monoisotopic (exact) mass is 377 g/mol. The molecular weight excluding hydrogens is 347 g/mol. The van der Waals surface area contributed by atoms with E-state index < -0.39 is 21.8 Å². The molecule has 0 aromatic heterocycles. The molecule has 0 saturated heterocycles. The summed E-state index contributed by atoms with van der Waals surface area (Å²) in [6, 6.07) is 0. The van der Waals surface area contributed by atoms with Crippen LogP contribution >= 0.6 is 0 Å². The van der Waals surface area contributed by atoms with Crippen molar-refractivity contribution in [3.05, 3.63) is 42.0 Å². The fraction of sp³-hybridized carbons (Fsp3) is 0.600. The van der Waals surface area contributed by atoms with E-state index in [0.29, 0.717) is 6.61 Å². The van der Waals surface area contributed by atoms with Crippen molar-refractivity contribution < 1.29 is 26.9 Å². The van der Waals surface area contributed by atoms with Gasteiger partial charge in [0.05, 0.1) is 0 Å². The Morgan fingerprint density at radius 1 is 0.909 bits per heavy atom. The van der Waals surface area contributed by atoms with Crippen molar-refractivity contribution in [1.82, 2.24) is 0 Å². The summed E-state index contributed by atoms with van der Waals surface area (Å²) in [5.74, 6) is 0. The maximum atomic E-state index is 9.65. The Morgan fingerprint density at radius 3 is 1.82 bits per heavy atom. The molecule has 0 aromatic carbocycles. The molecule has 2 heteroatoms. The third-order valence-corrected chi connectivity index (χ3v) is 12.7. The van der Waals surface area contributed by atoms with E-state index >= 15 is 0 Å². The van der Waals surface area contributed by atoms with Crippen LogP contribution in [0.2, 0.25) is 4.13 Å². The van der Waals surface area contributed by atoms with Gasteiger partial charge in [-0.05, 0) is 0 Å². The molecule has 1 N–H and O–H groups in total. The summed E-state index contributed by atoms with van der Waals surface area (Å²) in [6.45, 7) is 4.93. The molecule has 0 bridgehead atoms. The van der Waals surface area contributed by atoms with Gasteiger partial charge in [0.25, 0.3) is 0 Å². The van der Waals surface area contributed by atoms with Gasteiger partial charge in [-0.15, -0.1) is 0 Å². The van der Waals surface area contributed by atoms with Crippen molar-refractivity contribution in [2.24, 2.45) is 0 Å². The van der Waals surface area contributed by atoms with Crippen LogP contribution in [-0.4, -0.2) is 11.7 Å². The zero-order chi connectivity index (χ0) is 15.8. The Morgan fingerprint density at radius 2 is 1.41 bits per heavy atom. The average Bonchev–Trinajstić information content (AvgIpc) is 3.17. The number of hydrogen-bond acceptors (Lipinski definition) is 1. The number of rotatable bonds is 10. The summed E-state index contributed by atoms with van der Waals surface area (Å²) < 4.78 is 4.66. The van der Waals surface area contributed by atoms with Crippen molar-refractivity contribution >= 4 is 0 Å². The molecule has 2 rings (SSSR count). The summed E-state index contributed by atoms with van der Waals surface area (Å²) in [4.78, 5) is 0. The molecule has 0 radical (unpaired) electrons. The minimum absolute atomic E-state index is 0.379. The normalized spacial score (nSPS) is 17.2. The van der Waals surface area contributed by atoms with Crippen molar-refractivity contribution in [1.29, 1.82) is 0 Å². The van der Waals surface area contributed by atoms with Crippen LogP contribution in [0.5, 0.6) is 0 Å². The molecule has 0 aromatic rings. The molecule has 0 amide bonds. The third kappa shape index (κ3) is 4.65. The number of unbranched alkanes of at least 4 members (excludes halogenated alkanes) is 2. The van der Waals surface area contributed by atoms with E-state index in [4.69, 9.17) is 0 Å². The Balaban J connectivity index is 2.22. The van der Waals surface area contributed by atoms with Gasteiger partial charge in [0.1, 0.15) is 0 Å². The van der Waals surface area contributed by atoms with Crippen LogP contribution in [0.25, 0.3) is 0 Å². The van der Waals surface area contributed by atoms with E-state index in [2.05, 4.69) is 38.2 Å². The van der Waals surface area contributed by atoms with E-state index in [0.717, 1.165) is 4.13 Å². The van der Waals surface area contributed by atoms with Gasteiger partial charge in [0.2, 0.25) is 0 Å². The van der Waals surface area contributed by atoms with Gasteiger partial charge in [-0.2, -0.15) is 0 Å². The Hall–Kier alpha value is -0.197. The van der Waals surface area contributed by atoms with Crippen LogP contribution in [0.15, 0.2) is 42.0 Å². The van der Waals surface area contributed by atoms with Crippen molar-refractivity contribution in [3.63, 3.8) is 0 Å². The van der Waals surface area contributed by atoms with Crippen LogP contribution in [0.4, 0.5) is 0 Å². The van der Waals surface area contributed by atoms with Gasteiger partial charge in [0, 0.05) is 0 Å². The Kier molecular flexibility index (Phi) is 8.11. The zero-order valence-electron chi connectivity index (χ0n) is 14.3. The van der Waals surface area contributed by atoms with Crippen LogP contribution in [-0.2, 0) is 21.8 Å². The molecule has 0 unspecified atom stereocenters. The second-order valence-corrected chi connectivity index (χ2v) is 12.9. The third-order valence-electron chi connectivity index (χ3n) is 4.75. The first-order valence-corrected chi connectivity index (χ1v) is 13.3. The number of hydrogen-bond donors (Lipinski definition) is 1. The molecule has 121 valence electrons. The standard InChI is InChI=1S/2C9H13.C2H5O.Zr/c2*1-2-3-6-9-7-4-5-8-9;1-2-3;/h2*4,7H,2-3,5-6H2,1H3;3H,1-2H2;. The van der Waals surface area contributed by atoms with E-state index in [1.54, 1.807) is 17.7 Å². The molecule has 0 atom stereocenters. The maximum absolute atomic E-state index is 9.65. The van der Waals surface area contributed by atoms with E-state index in [-0.39, 0.29) is 0 Å². The van der Waals surface area contributed by atoms with Gasteiger partial charge < -0.3 is 0 Å². The van der Waals surface area contributed by atoms with Crippen molar-refractivity contribution in [2.45, 2.75) is 69.3 Å². The molecule has 0 heterocycles. The van der Waals surface area contributed by atoms with Gasteiger partial charge in [-0.1, -0.05) is 0 Å². The van der Waals surface area contributed by atoms with Gasteiger partial charge >= 0.3 is 145 Å². The Bertz CT molecular complexity index is 440. The summed E-state index contributed by atoms with van der Waals surface area (Å²) in [5.41, 5.74) is 3.28. The fourth-order valence-electron chi connectivity index (χ4n) is 3.53. The topological polar surface area (TPSA) is 20.2 Å². The minimum atomic E-state index is -1.83. The predicted octanol–water partition coefficient (Wildman–Crippen LogP) is 5.82. The summed E-state index contributed by atoms with van der Waals surface area (Å²) in [5, 5.41) is 9.65. The van der Waals surface area contributed by atoms with Crippen LogP contribution in [0, 0.1) is 0 Å². The zero-order valence-corrected chi connectivity index (χ0v) is 16.8. The summed E-state index contributed by atoms with van der Waals surface area (Å²) in [6.07, 6.45) is 19.5. The first-order chi connectivity index (χ1) is 10.8. The van der Waals surface area contributed by atoms with Gasteiger partial charge in [-0.25, -0.2) is 0 Å². The number of allylic oxidation sites excluding steroid dienone is 8. The van der Waals surface area contributed by atoms with E-state index in [1.807, 2.05) is 0 Å². The molecule has 2 aliphatic carbocycles. The SMILES string of the molecule is CCCCC1=[C]([Zr]([CH2]CO)[C]2=C(CCCC)C=CC2)CC=C1. The van der Waals surface area contributed by atoms with E-state index in [9.17, 15) is 5.11 Å². The van der Waals surface area contributed by atoms with Crippen molar-refractivity contribution in [2.75, 3.05) is 6.61 Å². The Labute approximate surface area is 144 Å². The number of aliphatic hydroxyl groups is 1. The second-order valence-electron chi connectivity index (χ2n) is 6.38. The molecule has 0 saturated carbocycles. The molecule has 0 fully saturated rings. The van der Waals surface area contributed by atoms with E-state index in [1.165, 1.54) is 51.4 Å². The predicted molar refractivity (Wildman–Crippen MR) is 92.5 cm³/mol. The second kappa shape index (κ2) is 9.83. The average molecular weight is 379 g/mol. The molecule has 2 aliphatic rings. The van der Waals surface area contributed by atoms with Crippen LogP contribution < -0.4 is 0 Å². The first-order valence-electron chi connectivity index (χ1n) is 9.06. The molecule has 0 aliphatic heterocycles. The molecule has 0 spiro atoms. The number of aliphatic hydroxyl groups excluding tert-OH is 1. The molecule has 22 heavy (non-hydrogen) atoms. The van der Waals surface area contributed by atoms with Crippen molar-refractivity contribution in [3.8, 4) is 0 Å². The van der Waals surface area contributed by atoms with Crippen LogP contribution in [0.1, 0.15) is 65.2 Å². The fourth-order valence-corrected chi connectivity index (χ4v) is 11.2. The first kappa shape index (κ1) is 18.1. The van der Waals surface area contributed by atoms with Crippen LogP contribution in [0.3, 0.4) is 0 Å². The molecular formula is C20H31OZr. The van der Waals surface area contributed by atoms with Gasteiger partial charge in [-0.3, -0.25) is 0 Å². The summed E-state index contributed by atoms with van der Waals surface area (Å²) in [7, 11) is 0. The van der Waals surface area contributed by atoms with Gasteiger partial charge in [0.15, 0.2) is 0 Å².